The fourth-order valence-corrected chi connectivity index (χ4v) is 1.96. The van der Waals surface area contributed by atoms with Gasteiger partial charge in [-0.2, -0.15) is 0 Å². The zero-order chi connectivity index (χ0) is 9.26. The normalized spacial score (nSPS) is 26.5. The Morgan fingerprint density at radius 2 is 2.07 bits per heavy atom. The van der Waals surface area contributed by atoms with Crippen molar-refractivity contribution in [1.82, 2.24) is 10.2 Å². The molecule has 0 bridgehead atoms. The van der Waals surface area contributed by atoms with Crippen LogP contribution in [-0.4, -0.2) is 37.0 Å². The number of likely N-dealkylation sites (N-methyl/N-ethyl adjacent to an activating group) is 1. The lowest BCUT2D eigenvalue weighted by atomic mass is 10.1. The minimum absolute atomic E-state index is 0. The summed E-state index contributed by atoms with van der Waals surface area (Å²) in [5.74, 6) is 0.737. The van der Waals surface area contributed by atoms with Crippen LogP contribution < -0.4 is 5.32 Å². The van der Waals surface area contributed by atoms with E-state index in [1.54, 1.807) is 0 Å². The molecule has 0 aromatic carbocycles. The second-order valence-electron chi connectivity index (χ2n) is 4.22. The van der Waals surface area contributed by atoms with Crippen molar-refractivity contribution in [2.75, 3.05) is 20.1 Å². The lowest BCUT2D eigenvalue weighted by Gasteiger charge is -2.31. The second-order valence-corrected chi connectivity index (χ2v) is 4.22. The van der Waals surface area contributed by atoms with E-state index in [0.29, 0.717) is 17.9 Å². The molecule has 82 valence electrons. The molecular formula is C10H19ClN2O. The van der Waals surface area contributed by atoms with Gasteiger partial charge in [0.05, 0.1) is 0 Å². The monoisotopic (exact) mass is 218 g/mol. The molecule has 3 nitrogen and oxygen atoms in total. The standard InChI is InChI=1S/C10H18N2O.ClH/c1-12(10(13)8-4-5-8)9-3-2-6-11-7-9;/h8-9,11H,2-7H2,1H3;1H. The van der Waals surface area contributed by atoms with Crippen LogP contribution >= 0.6 is 12.4 Å². The molecule has 1 atom stereocenters. The van der Waals surface area contributed by atoms with Gasteiger partial charge in [0, 0.05) is 25.6 Å². The second kappa shape index (κ2) is 4.99. The van der Waals surface area contributed by atoms with Crippen LogP contribution in [0.5, 0.6) is 0 Å². The molecule has 14 heavy (non-hydrogen) atoms. The molecule has 0 spiro atoms. The minimum Gasteiger partial charge on any atom is -0.341 e. The van der Waals surface area contributed by atoms with Crippen molar-refractivity contribution in [1.29, 1.82) is 0 Å². The predicted octanol–water partition coefficient (Wildman–Crippen LogP) is 1.03. The third-order valence-electron chi connectivity index (χ3n) is 3.09. The third kappa shape index (κ3) is 2.61. The van der Waals surface area contributed by atoms with E-state index in [4.69, 9.17) is 0 Å². The quantitative estimate of drug-likeness (QED) is 0.751. The molecule has 1 saturated heterocycles. The molecule has 0 aromatic rings. The number of nitrogens with zero attached hydrogens (tertiary/aromatic N) is 1. The highest BCUT2D eigenvalue weighted by molar-refractivity contribution is 5.85. The Morgan fingerprint density at radius 1 is 1.36 bits per heavy atom. The number of hydrogen-bond donors (Lipinski definition) is 1. The van der Waals surface area contributed by atoms with Crippen LogP contribution in [0.1, 0.15) is 25.7 Å². The Kier molecular flexibility index (Phi) is 4.20. The van der Waals surface area contributed by atoms with E-state index in [1.807, 2.05) is 11.9 Å². The molecule has 4 heteroatoms. The number of halogens is 1. The highest BCUT2D eigenvalue weighted by Crippen LogP contribution is 2.31. The van der Waals surface area contributed by atoms with Gasteiger partial charge in [-0.05, 0) is 32.2 Å². The Morgan fingerprint density at radius 3 is 2.57 bits per heavy atom. The summed E-state index contributed by atoms with van der Waals surface area (Å²) in [5.41, 5.74) is 0. The Bertz CT molecular complexity index is 200. The number of carbonyl (C=O) groups is 1. The van der Waals surface area contributed by atoms with Gasteiger partial charge in [-0.15, -0.1) is 12.4 Å². The van der Waals surface area contributed by atoms with Gasteiger partial charge in [0.1, 0.15) is 0 Å². The van der Waals surface area contributed by atoms with E-state index >= 15 is 0 Å². The van der Waals surface area contributed by atoms with Crippen molar-refractivity contribution in [2.24, 2.45) is 5.92 Å². The Balaban J connectivity index is 0.000000980. The molecule has 2 fully saturated rings. The van der Waals surface area contributed by atoms with Crippen LogP contribution in [0.15, 0.2) is 0 Å². The van der Waals surface area contributed by atoms with Gasteiger partial charge in [0.2, 0.25) is 5.91 Å². The van der Waals surface area contributed by atoms with E-state index < -0.39 is 0 Å². The third-order valence-corrected chi connectivity index (χ3v) is 3.09. The average Bonchev–Trinajstić information content (AvgIpc) is 3.00. The van der Waals surface area contributed by atoms with Crippen LogP contribution in [0.4, 0.5) is 0 Å². The van der Waals surface area contributed by atoms with Crippen LogP contribution in [0.2, 0.25) is 0 Å². The van der Waals surface area contributed by atoms with Crippen LogP contribution in [-0.2, 0) is 4.79 Å². The molecule has 2 aliphatic rings. The van der Waals surface area contributed by atoms with Crippen molar-refractivity contribution in [3.63, 3.8) is 0 Å². The molecule has 1 heterocycles. The Hall–Kier alpha value is -0.280. The van der Waals surface area contributed by atoms with Crippen LogP contribution in [0.25, 0.3) is 0 Å². The van der Waals surface area contributed by atoms with Gasteiger partial charge < -0.3 is 10.2 Å². The minimum atomic E-state index is 0. The first-order valence-electron chi connectivity index (χ1n) is 5.26. The number of carbonyl (C=O) groups excluding carboxylic acids is 1. The molecule has 1 N–H and O–H groups in total. The molecule has 1 saturated carbocycles. The lowest BCUT2D eigenvalue weighted by molar-refractivity contribution is -0.133. The summed E-state index contributed by atoms with van der Waals surface area (Å²) < 4.78 is 0. The fraction of sp³-hybridized carbons (Fsp3) is 0.900. The first-order chi connectivity index (χ1) is 6.29. The van der Waals surface area contributed by atoms with Gasteiger partial charge in [0.15, 0.2) is 0 Å². The van der Waals surface area contributed by atoms with Gasteiger partial charge in [-0.1, -0.05) is 0 Å². The van der Waals surface area contributed by atoms with Crippen molar-refractivity contribution >= 4 is 18.3 Å². The smallest absolute Gasteiger partial charge is 0.225 e. The SMILES string of the molecule is CN(C(=O)C1CC1)C1CCCNC1.Cl. The van der Waals surface area contributed by atoms with Gasteiger partial charge in [-0.3, -0.25) is 4.79 Å². The van der Waals surface area contributed by atoms with Gasteiger partial charge >= 0.3 is 0 Å². The number of rotatable bonds is 2. The summed E-state index contributed by atoms with van der Waals surface area (Å²) in [7, 11) is 1.96. The lowest BCUT2D eigenvalue weighted by Crippen LogP contribution is -2.47. The molecule has 1 unspecified atom stereocenters. The summed E-state index contributed by atoms with van der Waals surface area (Å²) in [6.45, 7) is 2.09. The van der Waals surface area contributed by atoms with Crippen LogP contribution in [0.3, 0.4) is 0 Å². The maximum Gasteiger partial charge on any atom is 0.225 e. The van der Waals surface area contributed by atoms with E-state index in [2.05, 4.69) is 5.32 Å². The summed E-state index contributed by atoms with van der Waals surface area (Å²) in [5, 5.41) is 3.34. The zero-order valence-electron chi connectivity index (χ0n) is 8.66. The number of hydrogen-bond acceptors (Lipinski definition) is 2. The van der Waals surface area contributed by atoms with E-state index in [1.165, 1.54) is 12.8 Å². The highest BCUT2D eigenvalue weighted by atomic mass is 35.5. The largest absolute Gasteiger partial charge is 0.341 e. The molecule has 0 aromatic heterocycles. The summed E-state index contributed by atoms with van der Waals surface area (Å²) in [6, 6.07) is 0.446. The topological polar surface area (TPSA) is 32.3 Å². The van der Waals surface area contributed by atoms with Gasteiger partial charge in [0.25, 0.3) is 0 Å². The number of amides is 1. The van der Waals surface area contributed by atoms with E-state index in [0.717, 1.165) is 25.9 Å². The maximum atomic E-state index is 11.7. The van der Waals surface area contributed by atoms with E-state index in [9.17, 15) is 4.79 Å². The first kappa shape index (κ1) is 11.8. The molecule has 1 aliphatic carbocycles. The van der Waals surface area contributed by atoms with Crippen molar-refractivity contribution in [3.8, 4) is 0 Å². The molecule has 1 aliphatic heterocycles. The molecule has 2 rings (SSSR count). The van der Waals surface area contributed by atoms with Crippen LogP contribution in [0, 0.1) is 5.92 Å². The van der Waals surface area contributed by atoms with Crippen molar-refractivity contribution in [2.45, 2.75) is 31.7 Å². The number of nitrogens with one attached hydrogen (secondary N) is 1. The Labute approximate surface area is 91.6 Å². The summed E-state index contributed by atoms with van der Waals surface area (Å²) in [6.07, 6.45) is 4.60. The molecule has 0 radical (unpaired) electrons. The summed E-state index contributed by atoms with van der Waals surface area (Å²) >= 11 is 0. The molecular weight excluding hydrogens is 200 g/mol. The molecule has 1 amide bonds. The summed E-state index contributed by atoms with van der Waals surface area (Å²) in [4.78, 5) is 13.7. The number of piperidine rings is 1. The average molecular weight is 219 g/mol. The first-order valence-corrected chi connectivity index (χ1v) is 5.26. The van der Waals surface area contributed by atoms with Crippen molar-refractivity contribution < 1.29 is 4.79 Å². The van der Waals surface area contributed by atoms with Crippen molar-refractivity contribution in [3.05, 3.63) is 0 Å². The van der Waals surface area contributed by atoms with E-state index in [-0.39, 0.29) is 12.4 Å². The predicted molar refractivity (Wildman–Crippen MR) is 58.6 cm³/mol. The highest BCUT2D eigenvalue weighted by Gasteiger charge is 2.34. The fourth-order valence-electron chi connectivity index (χ4n) is 1.96. The zero-order valence-corrected chi connectivity index (χ0v) is 9.48. The maximum absolute atomic E-state index is 11.7. The van der Waals surface area contributed by atoms with Gasteiger partial charge in [-0.25, -0.2) is 0 Å².